The molecule has 0 aromatic heterocycles. The normalized spacial score (nSPS) is 15.2. The number of amides is 1. The van der Waals surface area contributed by atoms with E-state index in [2.05, 4.69) is 11.9 Å². The molecule has 0 saturated carbocycles. The van der Waals surface area contributed by atoms with Gasteiger partial charge in [-0.15, -0.1) is 0 Å². The average Bonchev–Trinajstić information content (AvgIpc) is 1.85. The Kier molecular flexibility index (Phi) is 4.49. The molecule has 0 rings (SSSR count). The number of carbonyl (C=O) groups is 1. The summed E-state index contributed by atoms with van der Waals surface area (Å²) >= 11 is 0. The van der Waals surface area contributed by atoms with Gasteiger partial charge in [-0.25, -0.2) is 0 Å². The molecule has 0 bridgehead atoms. The van der Waals surface area contributed by atoms with E-state index in [1.54, 1.807) is 6.92 Å². The largest absolute Gasteiger partial charge is 0.368 e. The second-order valence-corrected chi connectivity index (χ2v) is 2.09. The fraction of sp³-hybridized carbons (Fsp3) is 0.571. The molecular formula is C7H13NO3. The van der Waals surface area contributed by atoms with Crippen molar-refractivity contribution < 1.29 is 14.6 Å². The third kappa shape index (κ3) is 5.57. The van der Waals surface area contributed by atoms with E-state index in [9.17, 15) is 4.79 Å². The third-order valence-corrected chi connectivity index (χ3v) is 0.932. The predicted molar refractivity (Wildman–Crippen MR) is 40.6 cm³/mol. The number of nitrogens with one attached hydrogen (secondary N) is 1. The Labute approximate surface area is 65.9 Å². The first kappa shape index (κ1) is 10.1. The second kappa shape index (κ2) is 4.87. The molecule has 0 aromatic rings. The first-order chi connectivity index (χ1) is 5.06. The van der Waals surface area contributed by atoms with Crippen molar-refractivity contribution in [3.63, 3.8) is 0 Å². The quantitative estimate of drug-likeness (QED) is 0.448. The van der Waals surface area contributed by atoms with Crippen molar-refractivity contribution in [1.29, 1.82) is 0 Å². The molecule has 0 aliphatic heterocycles. The summed E-state index contributed by atoms with van der Waals surface area (Å²) in [7, 11) is 0. The standard InChI is InChI=1S/C7H13NO3/c1-4-7(10)8-5(2)11-6(3)9/h4-6,9H,1H2,2-3H3,(H,8,10). The van der Waals surface area contributed by atoms with Crippen LogP contribution >= 0.6 is 0 Å². The van der Waals surface area contributed by atoms with Crippen molar-refractivity contribution in [3.05, 3.63) is 12.7 Å². The van der Waals surface area contributed by atoms with Gasteiger partial charge in [0.05, 0.1) is 0 Å². The molecule has 11 heavy (non-hydrogen) atoms. The minimum atomic E-state index is -0.880. The molecule has 2 unspecified atom stereocenters. The Morgan fingerprint density at radius 3 is 2.64 bits per heavy atom. The minimum absolute atomic E-state index is 0.321. The van der Waals surface area contributed by atoms with E-state index in [1.807, 2.05) is 0 Å². The maximum Gasteiger partial charge on any atom is 0.245 e. The van der Waals surface area contributed by atoms with Crippen LogP contribution in [0.5, 0.6) is 0 Å². The van der Waals surface area contributed by atoms with Crippen LogP contribution in [0.25, 0.3) is 0 Å². The van der Waals surface area contributed by atoms with Crippen molar-refractivity contribution in [1.82, 2.24) is 5.32 Å². The molecule has 64 valence electrons. The van der Waals surface area contributed by atoms with Gasteiger partial charge in [-0.3, -0.25) is 4.79 Å². The van der Waals surface area contributed by atoms with Crippen LogP contribution in [0.2, 0.25) is 0 Å². The summed E-state index contributed by atoms with van der Waals surface area (Å²) in [6.07, 6.45) is -0.238. The number of rotatable bonds is 4. The molecule has 2 N–H and O–H groups in total. The van der Waals surface area contributed by atoms with Gasteiger partial charge in [0.1, 0.15) is 6.23 Å². The molecule has 2 atom stereocenters. The van der Waals surface area contributed by atoms with Crippen LogP contribution < -0.4 is 5.32 Å². The number of carbonyl (C=O) groups excluding carboxylic acids is 1. The fourth-order valence-corrected chi connectivity index (χ4v) is 0.589. The van der Waals surface area contributed by atoms with Gasteiger partial charge in [0.25, 0.3) is 0 Å². The van der Waals surface area contributed by atoms with Crippen molar-refractivity contribution in [2.45, 2.75) is 26.4 Å². The molecule has 1 amide bonds. The highest BCUT2D eigenvalue weighted by molar-refractivity contribution is 5.86. The molecule has 0 aliphatic rings. The molecule has 0 fully saturated rings. The van der Waals surface area contributed by atoms with Crippen LogP contribution in [0.3, 0.4) is 0 Å². The highest BCUT2D eigenvalue weighted by atomic mass is 16.6. The number of aliphatic hydroxyl groups excluding tert-OH is 1. The molecule has 0 aliphatic carbocycles. The van der Waals surface area contributed by atoms with Crippen molar-refractivity contribution >= 4 is 5.91 Å². The zero-order valence-electron chi connectivity index (χ0n) is 6.70. The summed E-state index contributed by atoms with van der Waals surface area (Å²) < 4.78 is 4.80. The molecule has 0 radical (unpaired) electrons. The Morgan fingerprint density at radius 2 is 2.27 bits per heavy atom. The molecule has 4 nitrogen and oxygen atoms in total. The van der Waals surface area contributed by atoms with Crippen LogP contribution in [0, 0.1) is 0 Å². The zero-order chi connectivity index (χ0) is 8.85. The van der Waals surface area contributed by atoms with Crippen LogP contribution in [0.1, 0.15) is 13.8 Å². The average molecular weight is 159 g/mol. The number of hydrogen-bond donors (Lipinski definition) is 2. The molecule has 0 saturated heterocycles. The summed E-state index contributed by atoms with van der Waals surface area (Å²) in [6, 6.07) is 0. The lowest BCUT2D eigenvalue weighted by atomic mass is 10.5. The smallest absolute Gasteiger partial charge is 0.245 e. The number of ether oxygens (including phenoxy) is 1. The monoisotopic (exact) mass is 159 g/mol. The fourth-order valence-electron chi connectivity index (χ4n) is 0.589. The lowest BCUT2D eigenvalue weighted by molar-refractivity contribution is -0.140. The van der Waals surface area contributed by atoms with Gasteiger partial charge in [0.2, 0.25) is 5.91 Å². The van der Waals surface area contributed by atoms with E-state index in [4.69, 9.17) is 9.84 Å². The highest BCUT2D eigenvalue weighted by Crippen LogP contribution is 1.90. The molecular weight excluding hydrogens is 146 g/mol. The van der Waals surface area contributed by atoms with Gasteiger partial charge in [0.15, 0.2) is 6.29 Å². The summed E-state index contributed by atoms with van der Waals surface area (Å²) in [6.45, 7) is 6.35. The van der Waals surface area contributed by atoms with Gasteiger partial charge in [-0.1, -0.05) is 6.58 Å². The molecule has 0 heterocycles. The van der Waals surface area contributed by atoms with E-state index in [1.165, 1.54) is 6.92 Å². The predicted octanol–water partition coefficient (Wildman–Crippen LogP) is -0.0105. The Morgan fingerprint density at radius 1 is 1.73 bits per heavy atom. The maximum atomic E-state index is 10.6. The second-order valence-electron chi connectivity index (χ2n) is 2.09. The van der Waals surface area contributed by atoms with Gasteiger partial charge in [-0.2, -0.15) is 0 Å². The first-order valence-corrected chi connectivity index (χ1v) is 3.32. The summed E-state index contributed by atoms with van der Waals surface area (Å²) in [5, 5.41) is 11.1. The van der Waals surface area contributed by atoms with Gasteiger partial charge in [0, 0.05) is 0 Å². The SMILES string of the molecule is C=CC(=O)NC(C)OC(C)O. The Balaban J connectivity index is 3.59. The molecule has 4 heteroatoms. The Hall–Kier alpha value is -0.870. The third-order valence-electron chi connectivity index (χ3n) is 0.932. The summed E-state index contributed by atoms with van der Waals surface area (Å²) in [5.74, 6) is -0.321. The van der Waals surface area contributed by atoms with Crippen LogP contribution in [-0.2, 0) is 9.53 Å². The van der Waals surface area contributed by atoms with Crippen molar-refractivity contribution in [3.8, 4) is 0 Å². The van der Waals surface area contributed by atoms with Crippen LogP contribution in [0.15, 0.2) is 12.7 Å². The topological polar surface area (TPSA) is 58.6 Å². The van der Waals surface area contributed by atoms with Crippen LogP contribution in [-0.4, -0.2) is 23.5 Å². The van der Waals surface area contributed by atoms with Gasteiger partial charge in [-0.05, 0) is 19.9 Å². The summed E-state index contributed by atoms with van der Waals surface area (Å²) in [5.41, 5.74) is 0. The van der Waals surface area contributed by atoms with Crippen molar-refractivity contribution in [2.24, 2.45) is 0 Å². The number of aliphatic hydroxyl groups is 1. The Bertz CT molecular complexity index is 145. The maximum absolute atomic E-state index is 10.6. The molecule has 0 spiro atoms. The van der Waals surface area contributed by atoms with E-state index in [0.717, 1.165) is 6.08 Å². The minimum Gasteiger partial charge on any atom is -0.368 e. The number of hydrogen-bond acceptors (Lipinski definition) is 3. The van der Waals surface area contributed by atoms with Crippen molar-refractivity contribution in [2.75, 3.05) is 0 Å². The van der Waals surface area contributed by atoms with Crippen LogP contribution in [0.4, 0.5) is 0 Å². The van der Waals surface area contributed by atoms with E-state index < -0.39 is 12.5 Å². The summed E-state index contributed by atoms with van der Waals surface area (Å²) in [4.78, 5) is 10.6. The van der Waals surface area contributed by atoms with E-state index >= 15 is 0 Å². The van der Waals surface area contributed by atoms with E-state index in [0.29, 0.717) is 0 Å². The lowest BCUT2D eigenvalue weighted by Crippen LogP contribution is -2.35. The van der Waals surface area contributed by atoms with Gasteiger partial charge >= 0.3 is 0 Å². The van der Waals surface area contributed by atoms with Gasteiger partial charge < -0.3 is 15.2 Å². The molecule has 0 aromatic carbocycles. The zero-order valence-corrected chi connectivity index (χ0v) is 6.70. The lowest BCUT2D eigenvalue weighted by Gasteiger charge is -2.15. The highest BCUT2D eigenvalue weighted by Gasteiger charge is 2.05. The van der Waals surface area contributed by atoms with E-state index in [-0.39, 0.29) is 5.91 Å². The first-order valence-electron chi connectivity index (χ1n) is 3.32.